The lowest BCUT2D eigenvalue weighted by atomic mass is 10.2. The van der Waals surface area contributed by atoms with Crippen LogP contribution in [-0.2, 0) is 0 Å². The van der Waals surface area contributed by atoms with Gasteiger partial charge in [0, 0.05) is 16.8 Å². The van der Waals surface area contributed by atoms with Crippen LogP contribution in [0.4, 0.5) is 5.69 Å². The number of benzene rings is 1. The van der Waals surface area contributed by atoms with Crippen molar-refractivity contribution in [3.63, 3.8) is 0 Å². The van der Waals surface area contributed by atoms with Crippen molar-refractivity contribution in [1.29, 1.82) is 10.8 Å². The van der Waals surface area contributed by atoms with E-state index >= 15 is 0 Å². The quantitative estimate of drug-likeness (QED) is 0.247. The molecule has 0 saturated carbocycles. The Balaban J connectivity index is 0.000000980. The van der Waals surface area contributed by atoms with Gasteiger partial charge < -0.3 is 15.8 Å². The van der Waals surface area contributed by atoms with E-state index in [2.05, 4.69) is 5.32 Å². The Morgan fingerprint density at radius 3 is 2.32 bits per heavy atom. The number of hydrogen-bond donors (Lipinski definition) is 5. The molecule has 0 aliphatic heterocycles. The van der Waals surface area contributed by atoms with E-state index in [1.54, 1.807) is 17.0 Å². The zero-order valence-electron chi connectivity index (χ0n) is 12.2. The van der Waals surface area contributed by atoms with Crippen molar-refractivity contribution >= 4 is 29.2 Å². The fourth-order valence-electron chi connectivity index (χ4n) is 1.58. The number of anilines is 1. The van der Waals surface area contributed by atoms with E-state index in [0.717, 1.165) is 12.1 Å². The SMILES string of the molecule is CCC(C)N(C(=N)NC(=N)N)c1ccc(Cl)cc1.O=[N+]([O-])O. The largest absolute Gasteiger partial charge is 0.370 e. The van der Waals surface area contributed by atoms with Crippen LogP contribution in [0.1, 0.15) is 20.3 Å². The number of nitrogens with one attached hydrogen (secondary N) is 3. The summed E-state index contributed by atoms with van der Waals surface area (Å²) in [5.74, 6) is -0.165. The van der Waals surface area contributed by atoms with Gasteiger partial charge in [0.05, 0.1) is 0 Å². The molecule has 0 saturated heterocycles. The predicted octanol–water partition coefficient (Wildman–Crippen LogP) is 2.02. The maximum Gasteiger partial charge on any atom is 0.291 e. The predicted molar refractivity (Wildman–Crippen MR) is 85.2 cm³/mol. The monoisotopic (exact) mass is 330 g/mol. The van der Waals surface area contributed by atoms with Crippen LogP contribution in [0, 0.1) is 20.9 Å². The summed E-state index contributed by atoms with van der Waals surface area (Å²) in [6, 6.07) is 7.33. The molecule has 1 aromatic rings. The molecule has 0 aromatic heterocycles. The number of nitrogens with zero attached hydrogens (tertiary/aromatic N) is 2. The minimum absolute atomic E-state index is 0.0826. The van der Waals surface area contributed by atoms with E-state index in [1.165, 1.54) is 0 Å². The van der Waals surface area contributed by atoms with Gasteiger partial charge in [-0.25, -0.2) is 0 Å². The zero-order chi connectivity index (χ0) is 17.3. The lowest BCUT2D eigenvalue weighted by Gasteiger charge is -2.30. The van der Waals surface area contributed by atoms with Crippen LogP contribution < -0.4 is 16.0 Å². The summed E-state index contributed by atoms with van der Waals surface area (Å²) < 4.78 is 0. The topological polar surface area (TPSA) is 152 Å². The van der Waals surface area contributed by atoms with Crippen molar-refractivity contribution < 1.29 is 10.3 Å². The van der Waals surface area contributed by atoms with Crippen molar-refractivity contribution in [1.82, 2.24) is 5.32 Å². The minimum atomic E-state index is -1.50. The summed E-state index contributed by atoms with van der Waals surface area (Å²) >= 11 is 5.85. The number of hydrogen-bond acceptors (Lipinski definition) is 4. The van der Waals surface area contributed by atoms with Gasteiger partial charge in [0.25, 0.3) is 5.09 Å². The molecule has 0 amide bonds. The Kier molecular flexibility index (Phi) is 8.31. The van der Waals surface area contributed by atoms with Gasteiger partial charge in [0.15, 0.2) is 5.96 Å². The third-order valence-corrected chi connectivity index (χ3v) is 2.88. The second kappa shape index (κ2) is 9.40. The Bertz CT molecular complexity index is 518. The summed E-state index contributed by atoms with van der Waals surface area (Å²) in [7, 11) is 0. The van der Waals surface area contributed by atoms with Crippen LogP contribution in [0.2, 0.25) is 5.02 Å². The third-order valence-electron chi connectivity index (χ3n) is 2.63. The van der Waals surface area contributed by atoms with E-state index in [9.17, 15) is 0 Å². The van der Waals surface area contributed by atoms with Gasteiger partial charge in [0.1, 0.15) is 0 Å². The molecule has 1 aromatic carbocycles. The van der Waals surface area contributed by atoms with Gasteiger partial charge in [0.2, 0.25) is 5.96 Å². The second-order valence-electron chi connectivity index (χ2n) is 4.23. The minimum Gasteiger partial charge on any atom is -0.370 e. The molecule has 1 rings (SSSR count). The van der Waals surface area contributed by atoms with Gasteiger partial charge in [-0.2, -0.15) is 0 Å². The molecule has 0 fully saturated rings. The number of halogens is 1. The highest BCUT2D eigenvalue weighted by Crippen LogP contribution is 2.21. The van der Waals surface area contributed by atoms with Gasteiger partial charge in [-0.05, 0) is 37.6 Å². The van der Waals surface area contributed by atoms with Crippen molar-refractivity contribution in [3.05, 3.63) is 39.4 Å². The number of guanidine groups is 2. The van der Waals surface area contributed by atoms with E-state index < -0.39 is 5.09 Å². The summed E-state index contributed by atoms with van der Waals surface area (Å²) in [5.41, 5.74) is 6.10. The summed E-state index contributed by atoms with van der Waals surface area (Å²) in [5, 5.41) is 31.9. The molecular weight excluding hydrogens is 312 g/mol. The van der Waals surface area contributed by atoms with Crippen LogP contribution in [0.25, 0.3) is 0 Å². The maximum atomic E-state index is 8.36. The molecule has 9 nitrogen and oxygen atoms in total. The third kappa shape index (κ3) is 7.29. The van der Waals surface area contributed by atoms with Crippen molar-refractivity contribution in [2.75, 3.05) is 4.90 Å². The molecule has 0 radical (unpaired) electrons. The van der Waals surface area contributed by atoms with Gasteiger partial charge in [-0.15, -0.1) is 10.1 Å². The van der Waals surface area contributed by atoms with E-state index in [0.29, 0.717) is 5.02 Å². The molecule has 0 spiro atoms. The van der Waals surface area contributed by atoms with Crippen LogP contribution in [-0.4, -0.2) is 28.3 Å². The summed E-state index contributed by atoms with van der Waals surface area (Å²) in [6.45, 7) is 4.04. The lowest BCUT2D eigenvalue weighted by molar-refractivity contribution is -0.742. The average Bonchev–Trinajstić information content (AvgIpc) is 2.39. The smallest absolute Gasteiger partial charge is 0.291 e. The summed E-state index contributed by atoms with van der Waals surface area (Å²) in [4.78, 5) is 10.1. The first-order valence-electron chi connectivity index (χ1n) is 6.26. The first-order valence-corrected chi connectivity index (χ1v) is 6.64. The summed E-state index contributed by atoms with van der Waals surface area (Å²) in [6.07, 6.45) is 0.866. The molecule has 0 heterocycles. The van der Waals surface area contributed by atoms with Gasteiger partial charge in [-0.3, -0.25) is 16.1 Å². The number of rotatable bonds is 3. The number of nitrogens with two attached hydrogens (primary N) is 1. The van der Waals surface area contributed by atoms with E-state index in [1.807, 2.05) is 26.0 Å². The Labute approximate surface area is 132 Å². The molecule has 0 aliphatic rings. The van der Waals surface area contributed by atoms with Crippen molar-refractivity contribution in [3.8, 4) is 0 Å². The Hall–Kier alpha value is -2.55. The van der Waals surface area contributed by atoms with E-state index in [-0.39, 0.29) is 18.0 Å². The fourth-order valence-corrected chi connectivity index (χ4v) is 1.70. The van der Waals surface area contributed by atoms with E-state index in [4.69, 9.17) is 43.5 Å². The molecule has 0 aliphatic carbocycles. The van der Waals surface area contributed by atoms with Gasteiger partial charge >= 0.3 is 0 Å². The first-order chi connectivity index (χ1) is 10.2. The second-order valence-corrected chi connectivity index (χ2v) is 4.67. The lowest BCUT2D eigenvalue weighted by Crippen LogP contribution is -2.49. The highest BCUT2D eigenvalue weighted by Gasteiger charge is 2.18. The zero-order valence-corrected chi connectivity index (χ0v) is 13.0. The molecule has 1 unspecified atom stereocenters. The highest BCUT2D eigenvalue weighted by atomic mass is 35.5. The van der Waals surface area contributed by atoms with Crippen LogP contribution in [0.5, 0.6) is 0 Å². The molecule has 22 heavy (non-hydrogen) atoms. The average molecular weight is 331 g/mol. The Morgan fingerprint density at radius 1 is 1.50 bits per heavy atom. The van der Waals surface area contributed by atoms with Gasteiger partial charge in [-0.1, -0.05) is 18.5 Å². The van der Waals surface area contributed by atoms with Crippen LogP contribution in [0.15, 0.2) is 24.3 Å². The first kappa shape index (κ1) is 19.4. The molecule has 10 heteroatoms. The molecule has 122 valence electrons. The maximum absolute atomic E-state index is 8.36. The molecule has 0 bridgehead atoms. The Morgan fingerprint density at radius 2 is 1.95 bits per heavy atom. The molecule has 6 N–H and O–H groups in total. The highest BCUT2D eigenvalue weighted by molar-refractivity contribution is 6.30. The van der Waals surface area contributed by atoms with Crippen molar-refractivity contribution in [2.45, 2.75) is 26.3 Å². The standard InChI is InChI=1S/C12H18ClN5.HNO3/c1-3-8(2)18(12(16)17-11(14)15)10-6-4-9(13)5-7-10;2-1(3)4/h4-8H,3H2,1-2H3,(H5,14,15,16,17);(H,2,3,4). The van der Waals surface area contributed by atoms with Crippen LogP contribution >= 0.6 is 11.6 Å². The van der Waals surface area contributed by atoms with Crippen molar-refractivity contribution in [2.24, 2.45) is 5.73 Å². The normalized spacial score (nSPS) is 10.7. The molecular formula is C12H19ClN6O3. The molecule has 1 atom stereocenters. The fraction of sp³-hybridized carbons (Fsp3) is 0.333. The van der Waals surface area contributed by atoms with Crippen LogP contribution in [0.3, 0.4) is 0 Å².